The van der Waals surface area contributed by atoms with Crippen molar-refractivity contribution in [1.82, 2.24) is 10.2 Å². The average Bonchev–Trinajstić information content (AvgIpc) is 2.69. The maximum Gasteiger partial charge on any atom is 0.0141 e. The predicted molar refractivity (Wildman–Crippen MR) is 66.1 cm³/mol. The standard InChI is InChI=1S/C11H24N2S/c1-11(14-2)10-12-6-5-9-13-7-3-4-8-13/h11-12H,3-10H2,1-2H3. The first-order chi connectivity index (χ1) is 6.83. The fourth-order valence-electron chi connectivity index (χ4n) is 1.82. The zero-order chi connectivity index (χ0) is 10.2. The van der Waals surface area contributed by atoms with Crippen LogP contribution in [0.3, 0.4) is 0 Å². The molecule has 2 nitrogen and oxygen atoms in total. The quantitative estimate of drug-likeness (QED) is 0.654. The van der Waals surface area contributed by atoms with Gasteiger partial charge in [0.15, 0.2) is 0 Å². The van der Waals surface area contributed by atoms with E-state index in [0.29, 0.717) is 0 Å². The summed E-state index contributed by atoms with van der Waals surface area (Å²) in [7, 11) is 0. The third-order valence-electron chi connectivity index (χ3n) is 2.86. The van der Waals surface area contributed by atoms with E-state index in [9.17, 15) is 0 Å². The minimum Gasteiger partial charge on any atom is -0.316 e. The molecule has 0 aliphatic carbocycles. The van der Waals surface area contributed by atoms with E-state index in [0.717, 1.165) is 11.8 Å². The minimum absolute atomic E-state index is 0.752. The van der Waals surface area contributed by atoms with Gasteiger partial charge in [0.2, 0.25) is 0 Å². The summed E-state index contributed by atoms with van der Waals surface area (Å²) in [5, 5.41) is 4.26. The van der Waals surface area contributed by atoms with Gasteiger partial charge < -0.3 is 10.2 Å². The van der Waals surface area contributed by atoms with E-state index in [1.165, 1.54) is 45.4 Å². The summed E-state index contributed by atoms with van der Waals surface area (Å²) in [6.45, 7) is 8.57. The smallest absolute Gasteiger partial charge is 0.0141 e. The molecule has 1 aliphatic rings. The predicted octanol–water partition coefficient (Wildman–Crippen LogP) is 1.81. The maximum absolute atomic E-state index is 3.51. The molecule has 0 aromatic carbocycles. The van der Waals surface area contributed by atoms with E-state index in [-0.39, 0.29) is 0 Å². The number of hydrogen-bond donors (Lipinski definition) is 1. The van der Waals surface area contributed by atoms with Gasteiger partial charge in [-0.2, -0.15) is 11.8 Å². The van der Waals surface area contributed by atoms with Crippen molar-refractivity contribution in [3.63, 3.8) is 0 Å². The molecule has 3 heteroatoms. The molecular formula is C11H24N2S. The van der Waals surface area contributed by atoms with Crippen LogP contribution in [0.4, 0.5) is 0 Å². The second-order valence-electron chi connectivity index (χ2n) is 4.15. The SMILES string of the molecule is CSC(C)CNCCCN1CCCC1. The lowest BCUT2D eigenvalue weighted by atomic mass is 10.3. The number of hydrogen-bond acceptors (Lipinski definition) is 3. The highest BCUT2D eigenvalue weighted by Gasteiger charge is 2.09. The number of nitrogens with zero attached hydrogens (tertiary/aromatic N) is 1. The molecule has 0 amide bonds. The summed E-state index contributed by atoms with van der Waals surface area (Å²) >= 11 is 1.94. The summed E-state index contributed by atoms with van der Waals surface area (Å²) in [6.07, 6.45) is 6.31. The lowest BCUT2D eigenvalue weighted by Gasteiger charge is -2.15. The molecule has 1 heterocycles. The first kappa shape index (κ1) is 12.3. The number of likely N-dealkylation sites (tertiary alicyclic amines) is 1. The largest absolute Gasteiger partial charge is 0.316 e. The van der Waals surface area contributed by atoms with Gasteiger partial charge in [-0.1, -0.05) is 6.92 Å². The maximum atomic E-state index is 3.51. The zero-order valence-electron chi connectivity index (χ0n) is 9.59. The number of nitrogens with one attached hydrogen (secondary N) is 1. The topological polar surface area (TPSA) is 15.3 Å². The molecule has 0 aromatic heterocycles. The Bertz CT molecular complexity index is 135. The average molecular weight is 216 g/mol. The Morgan fingerprint density at radius 1 is 1.36 bits per heavy atom. The second-order valence-corrected chi connectivity index (χ2v) is 5.43. The number of thioether (sulfide) groups is 1. The van der Waals surface area contributed by atoms with Crippen molar-refractivity contribution in [2.45, 2.75) is 31.4 Å². The fourth-order valence-corrected chi connectivity index (χ4v) is 2.11. The Kier molecular flexibility index (Phi) is 6.65. The first-order valence-corrected chi connectivity index (χ1v) is 7.07. The minimum atomic E-state index is 0.752. The molecule has 1 saturated heterocycles. The third kappa shape index (κ3) is 5.23. The Morgan fingerprint density at radius 3 is 2.71 bits per heavy atom. The van der Waals surface area contributed by atoms with Gasteiger partial charge >= 0.3 is 0 Å². The van der Waals surface area contributed by atoms with Crippen molar-refractivity contribution in [2.24, 2.45) is 0 Å². The highest BCUT2D eigenvalue weighted by molar-refractivity contribution is 7.99. The van der Waals surface area contributed by atoms with E-state index in [2.05, 4.69) is 23.4 Å². The molecule has 1 atom stereocenters. The van der Waals surface area contributed by atoms with Crippen LogP contribution in [-0.2, 0) is 0 Å². The molecular weight excluding hydrogens is 192 g/mol. The highest BCUT2D eigenvalue weighted by Crippen LogP contribution is 2.07. The molecule has 0 aromatic rings. The van der Waals surface area contributed by atoms with Crippen molar-refractivity contribution >= 4 is 11.8 Å². The molecule has 1 N–H and O–H groups in total. The van der Waals surface area contributed by atoms with Gasteiger partial charge in [-0.15, -0.1) is 0 Å². The van der Waals surface area contributed by atoms with Gasteiger partial charge in [-0.05, 0) is 51.7 Å². The molecule has 0 saturated carbocycles. The molecule has 0 spiro atoms. The molecule has 1 aliphatic heterocycles. The van der Waals surface area contributed by atoms with Crippen molar-refractivity contribution in [3.8, 4) is 0 Å². The van der Waals surface area contributed by atoms with E-state index in [4.69, 9.17) is 0 Å². The lowest BCUT2D eigenvalue weighted by Crippen LogP contribution is -2.27. The molecule has 1 rings (SSSR count). The van der Waals surface area contributed by atoms with E-state index < -0.39 is 0 Å². The zero-order valence-corrected chi connectivity index (χ0v) is 10.4. The van der Waals surface area contributed by atoms with E-state index in [1.807, 2.05) is 11.8 Å². The fraction of sp³-hybridized carbons (Fsp3) is 1.00. The van der Waals surface area contributed by atoms with Crippen molar-refractivity contribution in [3.05, 3.63) is 0 Å². The summed E-state index contributed by atoms with van der Waals surface area (Å²) in [4.78, 5) is 2.58. The molecule has 0 radical (unpaired) electrons. The van der Waals surface area contributed by atoms with E-state index >= 15 is 0 Å². The van der Waals surface area contributed by atoms with Gasteiger partial charge in [0.25, 0.3) is 0 Å². The van der Waals surface area contributed by atoms with Gasteiger partial charge in [-0.25, -0.2) is 0 Å². The van der Waals surface area contributed by atoms with Crippen molar-refractivity contribution in [2.75, 3.05) is 39.0 Å². The molecule has 1 fully saturated rings. The summed E-state index contributed by atoms with van der Waals surface area (Å²) in [5.74, 6) is 0. The first-order valence-electron chi connectivity index (χ1n) is 5.79. The Balaban J connectivity index is 1.84. The van der Waals surface area contributed by atoms with Crippen molar-refractivity contribution < 1.29 is 0 Å². The Morgan fingerprint density at radius 2 is 2.07 bits per heavy atom. The summed E-state index contributed by atoms with van der Waals surface area (Å²) < 4.78 is 0. The summed E-state index contributed by atoms with van der Waals surface area (Å²) in [5.41, 5.74) is 0. The van der Waals surface area contributed by atoms with Crippen LogP contribution >= 0.6 is 11.8 Å². The van der Waals surface area contributed by atoms with Crippen LogP contribution in [0.15, 0.2) is 0 Å². The third-order valence-corrected chi connectivity index (χ3v) is 3.83. The van der Waals surface area contributed by atoms with E-state index in [1.54, 1.807) is 0 Å². The molecule has 14 heavy (non-hydrogen) atoms. The van der Waals surface area contributed by atoms with Crippen LogP contribution < -0.4 is 5.32 Å². The highest BCUT2D eigenvalue weighted by atomic mass is 32.2. The summed E-state index contributed by atoms with van der Waals surface area (Å²) in [6, 6.07) is 0. The molecule has 0 bridgehead atoms. The van der Waals surface area contributed by atoms with Gasteiger partial charge in [0.05, 0.1) is 0 Å². The second kappa shape index (κ2) is 7.55. The Hall–Kier alpha value is 0.270. The van der Waals surface area contributed by atoms with Gasteiger partial charge in [-0.3, -0.25) is 0 Å². The van der Waals surface area contributed by atoms with Crippen LogP contribution in [0.5, 0.6) is 0 Å². The van der Waals surface area contributed by atoms with Crippen LogP contribution in [0.2, 0.25) is 0 Å². The number of rotatable bonds is 7. The monoisotopic (exact) mass is 216 g/mol. The molecule has 1 unspecified atom stereocenters. The normalized spacial score (nSPS) is 20.1. The van der Waals surface area contributed by atoms with Crippen LogP contribution in [-0.4, -0.2) is 49.1 Å². The molecule has 84 valence electrons. The van der Waals surface area contributed by atoms with Crippen molar-refractivity contribution in [1.29, 1.82) is 0 Å². The van der Waals surface area contributed by atoms with Gasteiger partial charge in [0.1, 0.15) is 0 Å². The Labute approximate surface area is 92.8 Å². The van der Waals surface area contributed by atoms with Crippen LogP contribution in [0, 0.1) is 0 Å². The lowest BCUT2D eigenvalue weighted by molar-refractivity contribution is 0.331. The van der Waals surface area contributed by atoms with Crippen LogP contribution in [0.1, 0.15) is 26.2 Å². The van der Waals surface area contributed by atoms with Gasteiger partial charge in [0, 0.05) is 11.8 Å². The van der Waals surface area contributed by atoms with Crippen LogP contribution in [0.25, 0.3) is 0 Å².